The van der Waals surface area contributed by atoms with E-state index in [1.807, 2.05) is 29.2 Å². The van der Waals surface area contributed by atoms with E-state index in [1.165, 1.54) is 6.08 Å². The quantitative estimate of drug-likeness (QED) is 0.477. The summed E-state index contributed by atoms with van der Waals surface area (Å²) in [6.45, 7) is 4.94. The molecule has 0 atom stereocenters. The minimum atomic E-state index is -0.0235. The van der Waals surface area contributed by atoms with Gasteiger partial charge in [0, 0.05) is 42.5 Å². The SMILES string of the molecule is C=CC(=O)N1CCC(Nc2n[nH]c3nccc(C#Cc4cc(OC)cc(OC)c4)c23)CC1. The highest BCUT2D eigenvalue weighted by Gasteiger charge is 2.23. The third-order valence-electron chi connectivity index (χ3n) is 5.48. The Kier molecular flexibility index (Phi) is 6.26. The largest absolute Gasteiger partial charge is 0.497 e. The molecule has 1 aliphatic rings. The fraction of sp³-hybridized carbons (Fsp3) is 0.292. The smallest absolute Gasteiger partial charge is 0.245 e. The van der Waals surface area contributed by atoms with Crippen molar-refractivity contribution >= 4 is 22.8 Å². The molecular weight excluding hydrogens is 406 g/mol. The van der Waals surface area contributed by atoms with Crippen molar-refractivity contribution in [2.75, 3.05) is 32.6 Å². The van der Waals surface area contributed by atoms with E-state index in [4.69, 9.17) is 9.47 Å². The highest BCUT2D eigenvalue weighted by molar-refractivity contribution is 5.92. The Labute approximate surface area is 186 Å². The Hall–Kier alpha value is -3.99. The number of nitrogens with one attached hydrogen (secondary N) is 2. The molecule has 1 amide bonds. The molecule has 32 heavy (non-hydrogen) atoms. The molecule has 3 aromatic rings. The molecule has 1 aliphatic heterocycles. The predicted octanol–water partition coefficient (Wildman–Crippen LogP) is 2.96. The number of fused-ring (bicyclic) bond motifs is 1. The Morgan fingerprint density at radius 3 is 2.59 bits per heavy atom. The van der Waals surface area contributed by atoms with Gasteiger partial charge in [-0.15, -0.1) is 0 Å². The number of hydrogen-bond acceptors (Lipinski definition) is 6. The van der Waals surface area contributed by atoms with E-state index >= 15 is 0 Å². The number of H-pyrrole nitrogens is 1. The lowest BCUT2D eigenvalue weighted by Gasteiger charge is -2.31. The van der Waals surface area contributed by atoms with Gasteiger partial charge in [0.05, 0.1) is 19.6 Å². The standard InChI is InChI=1S/C24H25N5O3/c1-4-21(30)29-11-8-18(9-12-29)26-24-22-17(7-10-25-23(22)27-28-24)6-5-16-13-19(31-2)15-20(14-16)32-3/h4,7,10,13-15,18H,1,8-9,11-12H2,2-3H3,(H2,25,26,27,28). The van der Waals surface area contributed by atoms with Crippen LogP contribution in [0.1, 0.15) is 24.0 Å². The second-order valence-electron chi connectivity index (χ2n) is 7.45. The number of carbonyl (C=O) groups is 1. The second kappa shape index (κ2) is 9.43. The van der Waals surface area contributed by atoms with E-state index in [-0.39, 0.29) is 11.9 Å². The zero-order valence-electron chi connectivity index (χ0n) is 18.1. The maximum absolute atomic E-state index is 11.8. The van der Waals surface area contributed by atoms with E-state index in [1.54, 1.807) is 20.4 Å². The lowest BCUT2D eigenvalue weighted by Crippen LogP contribution is -2.41. The Bertz CT molecular complexity index is 1180. The summed E-state index contributed by atoms with van der Waals surface area (Å²) in [5.41, 5.74) is 2.26. The van der Waals surface area contributed by atoms with Crippen LogP contribution in [-0.2, 0) is 4.79 Å². The monoisotopic (exact) mass is 431 g/mol. The van der Waals surface area contributed by atoms with Crippen molar-refractivity contribution in [3.63, 3.8) is 0 Å². The summed E-state index contributed by atoms with van der Waals surface area (Å²) in [6.07, 6.45) is 4.74. The number of methoxy groups -OCH3 is 2. The first-order chi connectivity index (χ1) is 15.6. The number of hydrogen-bond donors (Lipinski definition) is 2. The molecule has 1 fully saturated rings. The van der Waals surface area contributed by atoms with Gasteiger partial charge in [0.25, 0.3) is 0 Å². The van der Waals surface area contributed by atoms with Crippen LogP contribution in [0.3, 0.4) is 0 Å². The van der Waals surface area contributed by atoms with Crippen molar-refractivity contribution in [3.8, 4) is 23.3 Å². The first-order valence-corrected chi connectivity index (χ1v) is 10.4. The molecule has 2 N–H and O–H groups in total. The molecular formula is C24H25N5O3. The average molecular weight is 431 g/mol. The number of amides is 1. The molecule has 0 unspecified atom stereocenters. The summed E-state index contributed by atoms with van der Waals surface area (Å²) in [6, 6.07) is 7.61. The number of rotatable bonds is 5. The van der Waals surface area contributed by atoms with Gasteiger partial charge < -0.3 is 19.7 Å². The van der Waals surface area contributed by atoms with Crippen LogP contribution in [0.15, 0.2) is 43.1 Å². The number of anilines is 1. The van der Waals surface area contributed by atoms with Crippen molar-refractivity contribution in [1.29, 1.82) is 0 Å². The molecule has 1 aromatic carbocycles. The molecule has 3 heterocycles. The number of benzene rings is 1. The zero-order valence-corrected chi connectivity index (χ0v) is 18.1. The second-order valence-corrected chi connectivity index (χ2v) is 7.45. The fourth-order valence-electron chi connectivity index (χ4n) is 3.75. The predicted molar refractivity (Wildman–Crippen MR) is 123 cm³/mol. The molecule has 0 radical (unpaired) electrons. The number of piperidine rings is 1. The minimum Gasteiger partial charge on any atom is -0.497 e. The number of ether oxygens (including phenoxy) is 2. The fourth-order valence-corrected chi connectivity index (χ4v) is 3.75. The summed E-state index contributed by atoms with van der Waals surface area (Å²) < 4.78 is 10.7. The van der Waals surface area contributed by atoms with Gasteiger partial charge in [0.2, 0.25) is 5.91 Å². The number of nitrogens with zero attached hydrogens (tertiary/aromatic N) is 3. The van der Waals surface area contributed by atoms with Crippen LogP contribution in [-0.4, -0.2) is 59.3 Å². The van der Waals surface area contributed by atoms with E-state index in [9.17, 15) is 4.79 Å². The third kappa shape index (κ3) is 4.52. The van der Waals surface area contributed by atoms with Gasteiger partial charge in [-0.3, -0.25) is 9.89 Å². The van der Waals surface area contributed by atoms with E-state index < -0.39 is 0 Å². The molecule has 0 aliphatic carbocycles. The van der Waals surface area contributed by atoms with Crippen molar-refractivity contribution in [1.82, 2.24) is 20.1 Å². The lowest BCUT2D eigenvalue weighted by atomic mass is 10.0. The molecule has 0 spiro atoms. The molecule has 2 aromatic heterocycles. The van der Waals surface area contributed by atoms with Crippen LogP contribution in [0.2, 0.25) is 0 Å². The summed E-state index contributed by atoms with van der Waals surface area (Å²) >= 11 is 0. The van der Waals surface area contributed by atoms with Gasteiger partial charge in [-0.05, 0) is 37.1 Å². The van der Waals surface area contributed by atoms with E-state index in [0.717, 1.165) is 29.4 Å². The number of carbonyl (C=O) groups excluding carboxylic acids is 1. The molecule has 0 saturated carbocycles. The van der Waals surface area contributed by atoms with Gasteiger partial charge in [-0.1, -0.05) is 18.4 Å². The maximum atomic E-state index is 11.8. The topological polar surface area (TPSA) is 92.4 Å². The van der Waals surface area contributed by atoms with Crippen LogP contribution in [0, 0.1) is 11.8 Å². The van der Waals surface area contributed by atoms with Gasteiger partial charge in [0.15, 0.2) is 11.5 Å². The van der Waals surface area contributed by atoms with Crippen molar-refractivity contribution in [2.45, 2.75) is 18.9 Å². The summed E-state index contributed by atoms with van der Waals surface area (Å²) in [4.78, 5) is 18.0. The first kappa shape index (κ1) is 21.2. The lowest BCUT2D eigenvalue weighted by molar-refractivity contribution is -0.126. The number of likely N-dealkylation sites (tertiary alicyclic amines) is 1. The van der Waals surface area contributed by atoms with Crippen LogP contribution < -0.4 is 14.8 Å². The highest BCUT2D eigenvalue weighted by atomic mass is 16.5. The zero-order chi connectivity index (χ0) is 22.5. The third-order valence-corrected chi connectivity index (χ3v) is 5.48. The van der Waals surface area contributed by atoms with Crippen molar-refractivity contribution < 1.29 is 14.3 Å². The Morgan fingerprint density at radius 1 is 1.22 bits per heavy atom. The normalized spacial score (nSPS) is 13.9. The minimum absolute atomic E-state index is 0.0235. The summed E-state index contributed by atoms with van der Waals surface area (Å²) in [7, 11) is 3.22. The van der Waals surface area contributed by atoms with Crippen LogP contribution in [0.5, 0.6) is 11.5 Å². The molecule has 4 rings (SSSR count). The molecule has 8 nitrogen and oxygen atoms in total. The van der Waals surface area contributed by atoms with E-state index in [0.29, 0.717) is 36.1 Å². The molecule has 164 valence electrons. The summed E-state index contributed by atoms with van der Waals surface area (Å²) in [5.74, 6) is 8.48. The molecule has 8 heteroatoms. The summed E-state index contributed by atoms with van der Waals surface area (Å²) in [5, 5.41) is 11.8. The number of pyridine rings is 1. The van der Waals surface area contributed by atoms with Crippen LogP contribution in [0.25, 0.3) is 11.0 Å². The van der Waals surface area contributed by atoms with Crippen LogP contribution >= 0.6 is 0 Å². The molecule has 1 saturated heterocycles. The van der Waals surface area contributed by atoms with Gasteiger partial charge >= 0.3 is 0 Å². The van der Waals surface area contributed by atoms with Gasteiger partial charge in [-0.2, -0.15) is 5.10 Å². The number of aromatic amines is 1. The van der Waals surface area contributed by atoms with Gasteiger partial charge in [-0.25, -0.2) is 4.98 Å². The highest BCUT2D eigenvalue weighted by Crippen LogP contribution is 2.26. The molecule has 0 bridgehead atoms. The first-order valence-electron chi connectivity index (χ1n) is 10.4. The van der Waals surface area contributed by atoms with Crippen molar-refractivity contribution in [2.24, 2.45) is 0 Å². The van der Waals surface area contributed by atoms with Crippen molar-refractivity contribution in [3.05, 3.63) is 54.2 Å². The van der Waals surface area contributed by atoms with Crippen LogP contribution in [0.4, 0.5) is 5.82 Å². The Balaban J connectivity index is 1.58. The Morgan fingerprint density at radius 2 is 1.94 bits per heavy atom. The maximum Gasteiger partial charge on any atom is 0.245 e. The average Bonchev–Trinajstić information content (AvgIpc) is 3.25. The van der Waals surface area contributed by atoms with Gasteiger partial charge in [0.1, 0.15) is 11.5 Å². The number of aromatic nitrogens is 3. The van der Waals surface area contributed by atoms with E-state index in [2.05, 4.69) is 38.9 Å².